The van der Waals surface area contributed by atoms with Gasteiger partial charge < -0.3 is 14.8 Å². The minimum Gasteiger partial charge on any atom is -0.486 e. The van der Waals surface area contributed by atoms with Gasteiger partial charge in [0.2, 0.25) is 5.91 Å². The van der Waals surface area contributed by atoms with E-state index in [2.05, 4.69) is 10.4 Å². The summed E-state index contributed by atoms with van der Waals surface area (Å²) in [6, 6.07) is 7.72. The molecule has 3 rings (SSSR count). The molecule has 0 aliphatic carbocycles. The molecule has 1 N–H and O–H groups in total. The lowest BCUT2D eigenvalue weighted by Crippen LogP contribution is -2.30. The van der Waals surface area contributed by atoms with Crippen molar-refractivity contribution in [2.75, 3.05) is 32.1 Å². The van der Waals surface area contributed by atoms with E-state index in [0.29, 0.717) is 32.1 Å². The summed E-state index contributed by atoms with van der Waals surface area (Å²) in [5.41, 5.74) is 1.95. The third-order valence-electron chi connectivity index (χ3n) is 3.74. The molecule has 0 saturated carbocycles. The van der Waals surface area contributed by atoms with E-state index in [0.717, 1.165) is 22.8 Å². The number of nitrogens with zero attached hydrogens (tertiary/aromatic N) is 3. The zero-order chi connectivity index (χ0) is 17.1. The van der Waals surface area contributed by atoms with Crippen LogP contribution in [0.4, 0.5) is 5.82 Å². The molecule has 0 fully saturated rings. The Kier molecular flexibility index (Phi) is 4.71. The quantitative estimate of drug-likeness (QED) is 0.901. The van der Waals surface area contributed by atoms with Gasteiger partial charge in [0, 0.05) is 19.7 Å². The van der Waals surface area contributed by atoms with Crippen LogP contribution in [0.3, 0.4) is 0 Å². The van der Waals surface area contributed by atoms with Gasteiger partial charge in [0.15, 0.2) is 11.5 Å². The number of anilines is 1. The molecule has 0 radical (unpaired) electrons. The first-order chi connectivity index (χ1) is 11.5. The van der Waals surface area contributed by atoms with Crippen LogP contribution in [0, 0.1) is 6.92 Å². The summed E-state index contributed by atoms with van der Waals surface area (Å²) < 4.78 is 12.8. The predicted octanol–water partition coefficient (Wildman–Crippen LogP) is 1.57. The Morgan fingerprint density at radius 3 is 2.75 bits per heavy atom. The summed E-state index contributed by atoms with van der Waals surface area (Å²) in [5.74, 6) is 2.17. The van der Waals surface area contributed by atoms with Crippen molar-refractivity contribution < 1.29 is 14.3 Å². The second-order valence-electron chi connectivity index (χ2n) is 5.99. The number of benzene rings is 1. The van der Waals surface area contributed by atoms with Gasteiger partial charge in [0.25, 0.3) is 0 Å². The standard InChI is InChI=1S/C17H22N4O3/c1-12-8-16(21(3)19-12)18-17(22)11-20(2)10-13-4-5-14-15(9-13)24-7-6-23-14/h4-5,8-9H,6-7,10-11H2,1-3H3,(H,18,22). The third-order valence-corrected chi connectivity index (χ3v) is 3.74. The molecule has 24 heavy (non-hydrogen) atoms. The molecule has 7 nitrogen and oxygen atoms in total. The number of likely N-dealkylation sites (N-methyl/N-ethyl adjacent to an activating group) is 1. The van der Waals surface area contributed by atoms with Crippen molar-refractivity contribution in [2.24, 2.45) is 7.05 Å². The number of hydrogen-bond acceptors (Lipinski definition) is 5. The van der Waals surface area contributed by atoms with Gasteiger partial charge in [-0.05, 0) is 31.7 Å². The van der Waals surface area contributed by atoms with Crippen LogP contribution in [0.2, 0.25) is 0 Å². The van der Waals surface area contributed by atoms with E-state index in [4.69, 9.17) is 9.47 Å². The Morgan fingerprint density at radius 2 is 2.04 bits per heavy atom. The van der Waals surface area contributed by atoms with E-state index in [1.807, 2.05) is 50.2 Å². The van der Waals surface area contributed by atoms with Gasteiger partial charge >= 0.3 is 0 Å². The van der Waals surface area contributed by atoms with E-state index in [9.17, 15) is 4.79 Å². The van der Waals surface area contributed by atoms with Crippen molar-refractivity contribution in [2.45, 2.75) is 13.5 Å². The van der Waals surface area contributed by atoms with Crippen LogP contribution in [0.15, 0.2) is 24.3 Å². The second kappa shape index (κ2) is 6.92. The van der Waals surface area contributed by atoms with Crippen LogP contribution in [0.25, 0.3) is 0 Å². The number of carbonyl (C=O) groups excluding carboxylic acids is 1. The largest absolute Gasteiger partial charge is 0.486 e. The van der Waals surface area contributed by atoms with Gasteiger partial charge in [0.1, 0.15) is 19.0 Å². The first kappa shape index (κ1) is 16.3. The third kappa shape index (κ3) is 3.86. The highest BCUT2D eigenvalue weighted by molar-refractivity contribution is 5.91. The van der Waals surface area contributed by atoms with Crippen LogP contribution in [0.5, 0.6) is 11.5 Å². The summed E-state index contributed by atoms with van der Waals surface area (Å²) in [7, 11) is 3.71. The minimum atomic E-state index is -0.0713. The Balaban J connectivity index is 1.56. The highest BCUT2D eigenvalue weighted by Crippen LogP contribution is 2.30. The number of amides is 1. The Labute approximate surface area is 141 Å². The summed E-state index contributed by atoms with van der Waals surface area (Å²) in [5, 5.41) is 7.09. The first-order valence-electron chi connectivity index (χ1n) is 7.89. The van der Waals surface area contributed by atoms with Crippen molar-refractivity contribution in [3.8, 4) is 11.5 Å². The smallest absolute Gasteiger partial charge is 0.239 e. The fraction of sp³-hybridized carbons (Fsp3) is 0.412. The molecule has 1 aliphatic heterocycles. The molecule has 0 spiro atoms. The van der Waals surface area contributed by atoms with Crippen LogP contribution < -0.4 is 14.8 Å². The second-order valence-corrected chi connectivity index (χ2v) is 5.99. The Morgan fingerprint density at radius 1 is 1.29 bits per heavy atom. The Bertz CT molecular complexity index is 741. The number of fused-ring (bicyclic) bond motifs is 1. The number of hydrogen-bond donors (Lipinski definition) is 1. The zero-order valence-corrected chi connectivity index (χ0v) is 14.2. The topological polar surface area (TPSA) is 68.6 Å². The van der Waals surface area contributed by atoms with Crippen LogP contribution in [-0.2, 0) is 18.4 Å². The predicted molar refractivity (Wildman–Crippen MR) is 90.3 cm³/mol. The van der Waals surface area contributed by atoms with Crippen LogP contribution >= 0.6 is 0 Å². The van der Waals surface area contributed by atoms with E-state index >= 15 is 0 Å². The molecule has 2 aromatic rings. The van der Waals surface area contributed by atoms with Crippen LogP contribution in [0.1, 0.15) is 11.3 Å². The number of rotatable bonds is 5. The van der Waals surface area contributed by atoms with Crippen LogP contribution in [-0.4, -0.2) is 47.4 Å². The average molecular weight is 330 g/mol. The number of aryl methyl sites for hydroxylation is 2. The number of ether oxygens (including phenoxy) is 2. The molecule has 0 atom stereocenters. The maximum absolute atomic E-state index is 12.2. The van der Waals surface area contributed by atoms with Gasteiger partial charge in [-0.25, -0.2) is 0 Å². The number of aromatic nitrogens is 2. The maximum Gasteiger partial charge on any atom is 0.239 e. The summed E-state index contributed by atoms with van der Waals surface area (Å²) in [6.07, 6.45) is 0. The van der Waals surface area contributed by atoms with E-state index in [1.165, 1.54) is 0 Å². The van der Waals surface area contributed by atoms with Crippen molar-refractivity contribution in [1.82, 2.24) is 14.7 Å². The van der Waals surface area contributed by atoms with Crippen molar-refractivity contribution in [3.05, 3.63) is 35.5 Å². The maximum atomic E-state index is 12.2. The van der Waals surface area contributed by atoms with Crippen molar-refractivity contribution in [3.63, 3.8) is 0 Å². The van der Waals surface area contributed by atoms with Gasteiger partial charge in [-0.3, -0.25) is 14.4 Å². The molecule has 0 bridgehead atoms. The lowest BCUT2D eigenvalue weighted by Gasteiger charge is -2.21. The van der Waals surface area contributed by atoms with Gasteiger partial charge in [-0.1, -0.05) is 6.07 Å². The number of carbonyl (C=O) groups is 1. The molecular formula is C17H22N4O3. The zero-order valence-electron chi connectivity index (χ0n) is 14.2. The van der Waals surface area contributed by atoms with Crippen molar-refractivity contribution >= 4 is 11.7 Å². The molecule has 1 amide bonds. The lowest BCUT2D eigenvalue weighted by atomic mass is 10.2. The lowest BCUT2D eigenvalue weighted by molar-refractivity contribution is -0.117. The molecule has 1 aromatic carbocycles. The monoisotopic (exact) mass is 330 g/mol. The summed E-state index contributed by atoms with van der Waals surface area (Å²) in [4.78, 5) is 14.1. The van der Waals surface area contributed by atoms with Crippen molar-refractivity contribution in [1.29, 1.82) is 0 Å². The molecule has 2 heterocycles. The first-order valence-corrected chi connectivity index (χ1v) is 7.89. The normalized spacial score (nSPS) is 13.2. The molecule has 1 aliphatic rings. The molecule has 7 heteroatoms. The summed E-state index contributed by atoms with van der Waals surface area (Å²) in [6.45, 7) is 3.98. The van der Waals surface area contributed by atoms with Gasteiger partial charge in [0.05, 0.1) is 12.2 Å². The van der Waals surface area contributed by atoms with Gasteiger partial charge in [-0.15, -0.1) is 0 Å². The average Bonchev–Trinajstić information content (AvgIpc) is 2.84. The van der Waals surface area contributed by atoms with E-state index in [1.54, 1.807) is 4.68 Å². The molecular weight excluding hydrogens is 308 g/mol. The molecule has 0 saturated heterocycles. The highest BCUT2D eigenvalue weighted by atomic mass is 16.6. The highest BCUT2D eigenvalue weighted by Gasteiger charge is 2.14. The SMILES string of the molecule is Cc1cc(NC(=O)CN(C)Cc2ccc3c(c2)OCCO3)n(C)n1. The Hall–Kier alpha value is -2.54. The molecule has 128 valence electrons. The van der Waals surface area contributed by atoms with Gasteiger partial charge in [-0.2, -0.15) is 5.10 Å². The van der Waals surface area contributed by atoms with E-state index < -0.39 is 0 Å². The minimum absolute atomic E-state index is 0.0713. The fourth-order valence-electron chi connectivity index (χ4n) is 2.71. The van der Waals surface area contributed by atoms with E-state index in [-0.39, 0.29) is 5.91 Å². The number of nitrogens with one attached hydrogen (secondary N) is 1. The summed E-state index contributed by atoms with van der Waals surface area (Å²) >= 11 is 0. The molecule has 1 aromatic heterocycles. The molecule has 0 unspecified atom stereocenters. The fourth-order valence-corrected chi connectivity index (χ4v) is 2.71.